The lowest BCUT2D eigenvalue weighted by atomic mass is 10.1. The highest BCUT2D eigenvalue weighted by atomic mass is 16.5. The van der Waals surface area contributed by atoms with Gasteiger partial charge in [-0.1, -0.05) is 11.6 Å². The van der Waals surface area contributed by atoms with E-state index in [1.165, 1.54) is 14.2 Å². The van der Waals surface area contributed by atoms with Crippen LogP contribution in [0.15, 0.2) is 36.5 Å². The Morgan fingerprint density at radius 2 is 1.95 bits per heavy atom. The molecule has 1 N–H and O–H groups in total. The fourth-order valence-corrected chi connectivity index (χ4v) is 1.77. The lowest BCUT2D eigenvalue weighted by Gasteiger charge is -2.10. The van der Waals surface area contributed by atoms with Gasteiger partial charge in [-0.25, -0.2) is 4.98 Å². The minimum Gasteiger partial charge on any atom is -0.496 e. The highest BCUT2D eigenvalue weighted by Crippen LogP contribution is 2.21. The number of hydrogen-bond donors (Lipinski definition) is 1. The van der Waals surface area contributed by atoms with Crippen LogP contribution in [-0.2, 0) is 0 Å². The number of carbonyl (C=O) groups excluding carboxylic acids is 1. The SMILES string of the molecule is COc1ccc(NC(=O)c2cc(C)ccc2OC)cn1. The van der Waals surface area contributed by atoms with Crippen LogP contribution in [-0.4, -0.2) is 25.1 Å². The smallest absolute Gasteiger partial charge is 0.259 e. The molecule has 0 saturated carbocycles. The highest BCUT2D eigenvalue weighted by molar-refractivity contribution is 6.06. The summed E-state index contributed by atoms with van der Waals surface area (Å²) in [5.74, 6) is 0.795. The van der Waals surface area contributed by atoms with E-state index in [1.54, 1.807) is 30.5 Å². The van der Waals surface area contributed by atoms with Crippen molar-refractivity contribution in [3.63, 3.8) is 0 Å². The van der Waals surface area contributed by atoms with Gasteiger partial charge in [-0.3, -0.25) is 4.79 Å². The molecule has 1 heterocycles. The van der Waals surface area contributed by atoms with E-state index in [-0.39, 0.29) is 5.91 Å². The normalized spacial score (nSPS) is 9.95. The Morgan fingerprint density at radius 3 is 2.55 bits per heavy atom. The first kappa shape index (κ1) is 13.9. The zero-order chi connectivity index (χ0) is 14.5. The average Bonchev–Trinajstić information content (AvgIpc) is 2.48. The Bertz CT molecular complexity index is 609. The minimum absolute atomic E-state index is 0.238. The predicted octanol–water partition coefficient (Wildman–Crippen LogP) is 2.66. The zero-order valence-electron chi connectivity index (χ0n) is 11.6. The van der Waals surface area contributed by atoms with Gasteiger partial charge in [-0.2, -0.15) is 0 Å². The summed E-state index contributed by atoms with van der Waals surface area (Å²) < 4.78 is 10.2. The summed E-state index contributed by atoms with van der Waals surface area (Å²) in [5.41, 5.74) is 2.08. The van der Waals surface area contributed by atoms with Crippen molar-refractivity contribution in [1.29, 1.82) is 0 Å². The molecule has 0 spiro atoms. The van der Waals surface area contributed by atoms with Crippen LogP contribution in [0.25, 0.3) is 0 Å². The maximum absolute atomic E-state index is 12.3. The summed E-state index contributed by atoms with van der Waals surface area (Å²) in [6.45, 7) is 1.92. The second-order valence-corrected chi connectivity index (χ2v) is 4.25. The second kappa shape index (κ2) is 6.06. The van der Waals surface area contributed by atoms with Crippen LogP contribution < -0.4 is 14.8 Å². The summed E-state index contributed by atoms with van der Waals surface area (Å²) in [6.07, 6.45) is 1.54. The summed E-state index contributed by atoms with van der Waals surface area (Å²) >= 11 is 0. The largest absolute Gasteiger partial charge is 0.496 e. The fourth-order valence-electron chi connectivity index (χ4n) is 1.77. The summed E-state index contributed by atoms with van der Waals surface area (Å²) in [5, 5.41) is 2.77. The molecule has 20 heavy (non-hydrogen) atoms. The molecule has 0 aliphatic heterocycles. The van der Waals surface area contributed by atoms with Crippen LogP contribution in [0.1, 0.15) is 15.9 Å². The number of amides is 1. The maximum atomic E-state index is 12.3. The summed E-state index contributed by atoms with van der Waals surface area (Å²) in [4.78, 5) is 16.3. The quantitative estimate of drug-likeness (QED) is 0.929. The van der Waals surface area contributed by atoms with Crippen molar-refractivity contribution in [2.75, 3.05) is 19.5 Å². The van der Waals surface area contributed by atoms with Crippen LogP contribution in [0.2, 0.25) is 0 Å². The van der Waals surface area contributed by atoms with E-state index >= 15 is 0 Å². The third-order valence-corrected chi connectivity index (χ3v) is 2.80. The molecule has 5 heteroatoms. The van der Waals surface area contributed by atoms with Crippen molar-refractivity contribution in [3.05, 3.63) is 47.7 Å². The molecule has 0 aliphatic carbocycles. The Kier molecular flexibility index (Phi) is 4.20. The van der Waals surface area contributed by atoms with Gasteiger partial charge in [0.2, 0.25) is 5.88 Å². The fraction of sp³-hybridized carbons (Fsp3) is 0.200. The average molecular weight is 272 g/mol. The Hall–Kier alpha value is -2.56. The number of hydrogen-bond acceptors (Lipinski definition) is 4. The monoisotopic (exact) mass is 272 g/mol. The third kappa shape index (κ3) is 3.06. The lowest BCUT2D eigenvalue weighted by molar-refractivity contribution is 0.102. The standard InChI is InChI=1S/C15H16N2O3/c1-10-4-6-13(19-2)12(8-10)15(18)17-11-5-7-14(20-3)16-9-11/h4-9H,1-3H3,(H,17,18). The van der Waals surface area contributed by atoms with Crippen molar-refractivity contribution in [1.82, 2.24) is 4.98 Å². The van der Waals surface area contributed by atoms with Gasteiger partial charge in [0.15, 0.2) is 0 Å². The van der Waals surface area contributed by atoms with E-state index in [2.05, 4.69) is 10.3 Å². The molecule has 1 aromatic heterocycles. The van der Waals surface area contributed by atoms with Crippen molar-refractivity contribution >= 4 is 11.6 Å². The number of methoxy groups -OCH3 is 2. The Morgan fingerprint density at radius 1 is 1.15 bits per heavy atom. The first-order valence-electron chi connectivity index (χ1n) is 6.10. The van der Waals surface area contributed by atoms with E-state index < -0.39 is 0 Å². The molecule has 0 radical (unpaired) electrons. The van der Waals surface area contributed by atoms with E-state index in [9.17, 15) is 4.79 Å². The topological polar surface area (TPSA) is 60.5 Å². The molecular weight excluding hydrogens is 256 g/mol. The van der Waals surface area contributed by atoms with E-state index in [0.29, 0.717) is 22.9 Å². The van der Waals surface area contributed by atoms with E-state index in [0.717, 1.165) is 5.56 Å². The van der Waals surface area contributed by atoms with Gasteiger partial charge in [0.25, 0.3) is 5.91 Å². The molecular formula is C15H16N2O3. The zero-order valence-corrected chi connectivity index (χ0v) is 11.6. The highest BCUT2D eigenvalue weighted by Gasteiger charge is 2.12. The van der Waals surface area contributed by atoms with Gasteiger partial charge < -0.3 is 14.8 Å². The van der Waals surface area contributed by atoms with E-state index in [1.807, 2.05) is 13.0 Å². The van der Waals surface area contributed by atoms with Gasteiger partial charge in [0.05, 0.1) is 31.7 Å². The van der Waals surface area contributed by atoms with Crippen molar-refractivity contribution < 1.29 is 14.3 Å². The third-order valence-electron chi connectivity index (χ3n) is 2.80. The lowest BCUT2D eigenvalue weighted by Crippen LogP contribution is -2.13. The van der Waals surface area contributed by atoms with E-state index in [4.69, 9.17) is 9.47 Å². The van der Waals surface area contributed by atoms with Gasteiger partial charge in [-0.05, 0) is 25.1 Å². The number of aromatic nitrogens is 1. The number of rotatable bonds is 4. The van der Waals surface area contributed by atoms with Gasteiger partial charge in [0.1, 0.15) is 5.75 Å². The van der Waals surface area contributed by atoms with Gasteiger partial charge in [-0.15, -0.1) is 0 Å². The first-order valence-corrected chi connectivity index (χ1v) is 6.10. The molecule has 1 amide bonds. The molecule has 0 atom stereocenters. The Labute approximate surface area is 117 Å². The van der Waals surface area contributed by atoms with Crippen LogP contribution >= 0.6 is 0 Å². The molecule has 0 fully saturated rings. The van der Waals surface area contributed by atoms with Crippen molar-refractivity contribution in [3.8, 4) is 11.6 Å². The number of nitrogens with zero attached hydrogens (tertiary/aromatic N) is 1. The number of pyridine rings is 1. The summed E-state index contributed by atoms with van der Waals surface area (Å²) in [7, 11) is 3.08. The van der Waals surface area contributed by atoms with Crippen LogP contribution in [0.4, 0.5) is 5.69 Å². The number of anilines is 1. The Balaban J connectivity index is 2.20. The minimum atomic E-state index is -0.238. The first-order chi connectivity index (χ1) is 9.63. The number of benzene rings is 1. The number of aryl methyl sites for hydroxylation is 1. The number of nitrogens with one attached hydrogen (secondary N) is 1. The molecule has 1 aromatic carbocycles. The molecule has 0 aliphatic rings. The maximum Gasteiger partial charge on any atom is 0.259 e. The molecule has 0 bridgehead atoms. The molecule has 2 aromatic rings. The van der Waals surface area contributed by atoms with Crippen LogP contribution in [0.5, 0.6) is 11.6 Å². The van der Waals surface area contributed by atoms with Crippen LogP contribution in [0, 0.1) is 6.92 Å². The number of carbonyl (C=O) groups is 1. The molecule has 0 unspecified atom stereocenters. The molecule has 2 rings (SSSR count). The van der Waals surface area contributed by atoms with Crippen molar-refractivity contribution in [2.24, 2.45) is 0 Å². The van der Waals surface area contributed by atoms with Gasteiger partial charge in [0, 0.05) is 6.07 Å². The van der Waals surface area contributed by atoms with Crippen LogP contribution in [0.3, 0.4) is 0 Å². The predicted molar refractivity (Wildman–Crippen MR) is 76.5 cm³/mol. The second-order valence-electron chi connectivity index (χ2n) is 4.25. The van der Waals surface area contributed by atoms with Gasteiger partial charge >= 0.3 is 0 Å². The summed E-state index contributed by atoms with van der Waals surface area (Å²) in [6, 6.07) is 8.86. The number of ether oxygens (including phenoxy) is 2. The van der Waals surface area contributed by atoms with Crippen molar-refractivity contribution in [2.45, 2.75) is 6.92 Å². The molecule has 0 saturated heterocycles. The molecule has 5 nitrogen and oxygen atoms in total. The molecule has 104 valence electrons.